The summed E-state index contributed by atoms with van der Waals surface area (Å²) >= 11 is 5.92. The summed E-state index contributed by atoms with van der Waals surface area (Å²) < 4.78 is 4.65. The summed E-state index contributed by atoms with van der Waals surface area (Å²) in [6.07, 6.45) is 1.09. The fourth-order valence-electron chi connectivity index (χ4n) is 1.56. The fraction of sp³-hybridized carbons (Fsp3) is 0.0667. The molecular formula is C15H11ClN2O3. The molecule has 0 aliphatic carbocycles. The Morgan fingerprint density at radius 1 is 1.33 bits per heavy atom. The third-order valence-corrected chi connectivity index (χ3v) is 2.75. The number of benzene rings is 1. The van der Waals surface area contributed by atoms with E-state index in [0.717, 1.165) is 6.26 Å². The number of rotatable bonds is 2. The Morgan fingerprint density at radius 3 is 2.81 bits per heavy atom. The molecule has 0 atom stereocenters. The lowest BCUT2D eigenvalue weighted by Crippen LogP contribution is -2.14. The standard InChI is InChI=1S/C15H11ClN2O3/c16-12-5-3-10(2-1-7-17)13(8-12)18-15(20)11-4-6-14(19)21-9-11/h3-6,8-9H,7,17H2,(H,18,20). The zero-order valence-electron chi connectivity index (χ0n) is 10.9. The predicted molar refractivity (Wildman–Crippen MR) is 80.3 cm³/mol. The highest BCUT2D eigenvalue weighted by molar-refractivity contribution is 6.31. The van der Waals surface area contributed by atoms with Crippen LogP contribution in [0.15, 0.2) is 45.8 Å². The van der Waals surface area contributed by atoms with Gasteiger partial charge >= 0.3 is 5.63 Å². The van der Waals surface area contributed by atoms with Crippen LogP contribution in [0, 0.1) is 11.8 Å². The minimum Gasteiger partial charge on any atom is -0.430 e. The van der Waals surface area contributed by atoms with Gasteiger partial charge in [0.05, 0.1) is 17.8 Å². The Labute approximate surface area is 125 Å². The van der Waals surface area contributed by atoms with E-state index in [0.29, 0.717) is 16.3 Å². The Kier molecular flexibility index (Phi) is 4.77. The van der Waals surface area contributed by atoms with Crippen LogP contribution in [0.25, 0.3) is 0 Å². The second kappa shape index (κ2) is 6.75. The molecule has 1 amide bonds. The number of hydrogen-bond donors (Lipinski definition) is 2. The number of amides is 1. The molecule has 0 aliphatic rings. The van der Waals surface area contributed by atoms with E-state index >= 15 is 0 Å². The highest BCUT2D eigenvalue weighted by Gasteiger charge is 2.10. The maximum absolute atomic E-state index is 12.1. The SMILES string of the molecule is NCC#Cc1ccc(Cl)cc1NC(=O)c1ccc(=O)oc1. The average molecular weight is 303 g/mol. The van der Waals surface area contributed by atoms with Crippen molar-refractivity contribution in [3.8, 4) is 11.8 Å². The molecule has 0 saturated heterocycles. The monoisotopic (exact) mass is 302 g/mol. The van der Waals surface area contributed by atoms with Crippen molar-refractivity contribution in [2.24, 2.45) is 5.73 Å². The number of hydrogen-bond acceptors (Lipinski definition) is 4. The van der Waals surface area contributed by atoms with Crippen LogP contribution in [0.4, 0.5) is 5.69 Å². The molecule has 0 saturated carbocycles. The van der Waals surface area contributed by atoms with Crippen LogP contribution in [0.2, 0.25) is 5.02 Å². The number of nitrogens with one attached hydrogen (secondary N) is 1. The quantitative estimate of drug-likeness (QED) is 0.829. The third kappa shape index (κ3) is 3.96. The highest BCUT2D eigenvalue weighted by Crippen LogP contribution is 2.21. The summed E-state index contributed by atoms with van der Waals surface area (Å²) in [7, 11) is 0. The highest BCUT2D eigenvalue weighted by atomic mass is 35.5. The molecule has 1 heterocycles. The van der Waals surface area contributed by atoms with Crippen molar-refractivity contribution in [3.63, 3.8) is 0 Å². The van der Waals surface area contributed by atoms with Crippen molar-refractivity contribution < 1.29 is 9.21 Å². The third-order valence-electron chi connectivity index (χ3n) is 2.52. The van der Waals surface area contributed by atoms with Crippen LogP contribution in [0.1, 0.15) is 15.9 Å². The molecule has 21 heavy (non-hydrogen) atoms. The molecule has 2 aromatic rings. The Hall–Kier alpha value is -2.55. The van der Waals surface area contributed by atoms with Crippen molar-refractivity contribution in [1.82, 2.24) is 0 Å². The van der Waals surface area contributed by atoms with Gasteiger partial charge in [-0.1, -0.05) is 23.4 Å². The number of nitrogens with two attached hydrogens (primary N) is 1. The summed E-state index contributed by atoms with van der Waals surface area (Å²) in [5.41, 5.74) is 6.08. The summed E-state index contributed by atoms with van der Waals surface area (Å²) in [4.78, 5) is 22.9. The van der Waals surface area contributed by atoms with Gasteiger partial charge in [0.15, 0.2) is 0 Å². The van der Waals surface area contributed by atoms with Gasteiger partial charge < -0.3 is 15.5 Å². The summed E-state index contributed by atoms with van der Waals surface area (Å²) in [6, 6.07) is 7.48. The predicted octanol–water partition coefficient (Wildman–Crippen LogP) is 1.86. The largest absolute Gasteiger partial charge is 0.430 e. The van der Waals surface area contributed by atoms with Gasteiger partial charge in [-0.25, -0.2) is 4.79 Å². The first kappa shape index (κ1) is 14.9. The minimum absolute atomic E-state index is 0.208. The molecule has 0 aliphatic heterocycles. The summed E-state index contributed by atoms with van der Waals surface area (Å²) in [5, 5.41) is 3.13. The molecule has 2 rings (SSSR count). The van der Waals surface area contributed by atoms with E-state index in [-0.39, 0.29) is 12.1 Å². The minimum atomic E-state index is -0.524. The van der Waals surface area contributed by atoms with E-state index < -0.39 is 11.5 Å². The van der Waals surface area contributed by atoms with Crippen LogP contribution in [0.3, 0.4) is 0 Å². The molecule has 1 aromatic carbocycles. The van der Waals surface area contributed by atoms with Gasteiger partial charge in [0.25, 0.3) is 5.91 Å². The van der Waals surface area contributed by atoms with Crippen LogP contribution in [0.5, 0.6) is 0 Å². The molecule has 1 aromatic heterocycles. The van der Waals surface area contributed by atoms with Crippen molar-refractivity contribution in [1.29, 1.82) is 0 Å². The summed E-state index contributed by atoms with van der Waals surface area (Å²) in [5.74, 6) is 5.12. The van der Waals surface area contributed by atoms with Crippen molar-refractivity contribution in [3.05, 3.63) is 63.2 Å². The van der Waals surface area contributed by atoms with E-state index in [1.165, 1.54) is 12.1 Å². The van der Waals surface area contributed by atoms with E-state index in [1.807, 2.05) is 0 Å². The first-order valence-corrected chi connectivity index (χ1v) is 6.36. The molecule has 0 bridgehead atoms. The van der Waals surface area contributed by atoms with Gasteiger partial charge in [-0.3, -0.25) is 4.79 Å². The number of carbonyl (C=O) groups is 1. The van der Waals surface area contributed by atoms with Crippen molar-refractivity contribution >= 4 is 23.2 Å². The Bertz CT molecular complexity index is 767. The van der Waals surface area contributed by atoms with Gasteiger partial charge in [-0.15, -0.1) is 0 Å². The van der Waals surface area contributed by atoms with E-state index in [4.69, 9.17) is 17.3 Å². The van der Waals surface area contributed by atoms with Crippen LogP contribution < -0.4 is 16.7 Å². The van der Waals surface area contributed by atoms with Gasteiger partial charge in [0.2, 0.25) is 0 Å². The Morgan fingerprint density at radius 2 is 2.14 bits per heavy atom. The molecule has 0 unspecified atom stereocenters. The van der Waals surface area contributed by atoms with Crippen molar-refractivity contribution in [2.75, 3.05) is 11.9 Å². The van der Waals surface area contributed by atoms with Crippen molar-refractivity contribution in [2.45, 2.75) is 0 Å². The second-order valence-corrected chi connectivity index (χ2v) is 4.43. The zero-order valence-corrected chi connectivity index (χ0v) is 11.6. The van der Waals surface area contributed by atoms with E-state index in [2.05, 4.69) is 21.6 Å². The second-order valence-electron chi connectivity index (χ2n) is 3.99. The fourth-order valence-corrected chi connectivity index (χ4v) is 1.73. The maximum atomic E-state index is 12.1. The molecule has 0 fully saturated rings. The first-order chi connectivity index (χ1) is 10.1. The van der Waals surface area contributed by atoms with Gasteiger partial charge in [0.1, 0.15) is 6.26 Å². The number of halogens is 1. The van der Waals surface area contributed by atoms with E-state index in [9.17, 15) is 9.59 Å². The molecular weight excluding hydrogens is 292 g/mol. The lowest BCUT2D eigenvalue weighted by molar-refractivity contribution is 0.102. The van der Waals surface area contributed by atoms with Gasteiger partial charge in [-0.05, 0) is 24.3 Å². The topological polar surface area (TPSA) is 85.3 Å². The molecule has 5 nitrogen and oxygen atoms in total. The van der Waals surface area contributed by atoms with E-state index in [1.54, 1.807) is 18.2 Å². The smallest absolute Gasteiger partial charge is 0.335 e. The normalized spacial score (nSPS) is 9.62. The molecule has 106 valence electrons. The lowest BCUT2D eigenvalue weighted by atomic mass is 10.1. The van der Waals surface area contributed by atoms with Crippen LogP contribution in [-0.2, 0) is 0 Å². The zero-order chi connectivity index (χ0) is 15.2. The first-order valence-electron chi connectivity index (χ1n) is 5.99. The van der Waals surface area contributed by atoms with Gasteiger partial charge in [-0.2, -0.15) is 0 Å². The number of carbonyl (C=O) groups excluding carboxylic acids is 1. The number of anilines is 1. The molecule has 3 N–H and O–H groups in total. The molecule has 0 spiro atoms. The molecule has 0 radical (unpaired) electrons. The van der Waals surface area contributed by atoms with Gasteiger partial charge in [0, 0.05) is 16.7 Å². The average Bonchev–Trinajstić information content (AvgIpc) is 2.47. The Balaban J connectivity index is 2.29. The maximum Gasteiger partial charge on any atom is 0.335 e. The van der Waals surface area contributed by atoms with Crippen LogP contribution >= 0.6 is 11.6 Å². The van der Waals surface area contributed by atoms with Crippen LogP contribution in [-0.4, -0.2) is 12.5 Å². The molecule has 6 heteroatoms. The lowest BCUT2D eigenvalue weighted by Gasteiger charge is -2.07. The summed E-state index contributed by atoms with van der Waals surface area (Å²) in [6.45, 7) is 0.208.